The Labute approximate surface area is 97.3 Å². The van der Waals surface area contributed by atoms with Crippen LogP contribution in [0, 0.1) is 5.92 Å². The van der Waals surface area contributed by atoms with Crippen molar-refractivity contribution in [2.75, 3.05) is 28.2 Å². The maximum Gasteiger partial charge on any atom is 0.238 e. The van der Waals surface area contributed by atoms with Gasteiger partial charge in [0.1, 0.15) is 0 Å². The number of amides is 2. The van der Waals surface area contributed by atoms with E-state index in [2.05, 4.69) is 5.23 Å². The van der Waals surface area contributed by atoms with Crippen molar-refractivity contribution in [2.24, 2.45) is 5.92 Å². The van der Waals surface area contributed by atoms with Crippen LogP contribution in [0.1, 0.15) is 0 Å². The third kappa shape index (κ3) is 2.55. The summed E-state index contributed by atoms with van der Waals surface area (Å²) in [6.07, 6.45) is 0.723. The molecule has 1 saturated heterocycles. The predicted octanol–water partition coefficient (Wildman–Crippen LogP) is -0.628. The minimum absolute atomic E-state index is 0.0236. The number of carbonyl (C=O) groups is 2. The summed E-state index contributed by atoms with van der Waals surface area (Å²) in [4.78, 5) is 27.0. The monoisotopic (exact) mass is 225 g/mol. The van der Waals surface area contributed by atoms with Gasteiger partial charge in [-0.3, -0.25) is 9.59 Å². The highest BCUT2D eigenvalue weighted by Gasteiger charge is 2.43. The van der Waals surface area contributed by atoms with Crippen molar-refractivity contribution in [3.8, 4) is 0 Å². The highest BCUT2D eigenvalue weighted by molar-refractivity contribution is 6.56. The molecule has 1 heterocycles. The second-order valence-corrected chi connectivity index (χ2v) is 4.85. The summed E-state index contributed by atoms with van der Waals surface area (Å²) in [5.74, 6) is -0.235. The molecule has 1 rings (SSSR count). The van der Waals surface area contributed by atoms with Crippen LogP contribution < -0.4 is 5.23 Å². The molecule has 0 aromatic rings. The Kier molecular flexibility index (Phi) is 3.96. The minimum Gasteiger partial charge on any atom is -0.349 e. The van der Waals surface area contributed by atoms with Gasteiger partial charge in [-0.25, -0.2) is 0 Å². The number of nitrogens with zero attached hydrogens (tertiary/aromatic N) is 2. The first-order valence-corrected chi connectivity index (χ1v) is 5.53. The Morgan fingerprint density at radius 1 is 1.12 bits per heavy atom. The molecular weight excluding hydrogens is 205 g/mol. The van der Waals surface area contributed by atoms with E-state index in [9.17, 15) is 9.59 Å². The number of nitrogens with one attached hydrogen (secondary N) is 1. The van der Waals surface area contributed by atoms with Gasteiger partial charge in [0, 0.05) is 28.2 Å². The normalized spacial score (nSPS) is 24.4. The second-order valence-electron chi connectivity index (χ2n) is 4.85. The Balaban J connectivity index is 2.82. The van der Waals surface area contributed by atoms with Crippen LogP contribution in [0.15, 0.2) is 0 Å². The topological polar surface area (TPSA) is 52.7 Å². The van der Waals surface area contributed by atoms with E-state index in [0.717, 1.165) is 6.32 Å². The summed E-state index contributed by atoms with van der Waals surface area (Å²) in [5.41, 5.74) is 0. The maximum absolute atomic E-state index is 11.9. The molecule has 6 heteroatoms. The van der Waals surface area contributed by atoms with Crippen LogP contribution in [-0.4, -0.2) is 62.7 Å². The van der Waals surface area contributed by atoms with Crippen LogP contribution in [-0.2, 0) is 9.59 Å². The Morgan fingerprint density at radius 2 is 1.62 bits per heavy atom. The van der Waals surface area contributed by atoms with Gasteiger partial charge in [-0.05, 0) is 6.32 Å². The van der Waals surface area contributed by atoms with Gasteiger partial charge in [0.25, 0.3) is 0 Å². The van der Waals surface area contributed by atoms with Crippen molar-refractivity contribution >= 4 is 18.7 Å². The quantitative estimate of drug-likeness (QED) is 0.637. The number of rotatable bonds is 2. The summed E-state index contributed by atoms with van der Waals surface area (Å²) in [5, 5.41) is 3.18. The van der Waals surface area contributed by atoms with Crippen molar-refractivity contribution in [3.63, 3.8) is 0 Å². The molecule has 0 bridgehead atoms. The lowest BCUT2D eigenvalue weighted by Crippen LogP contribution is -2.48. The van der Waals surface area contributed by atoms with Crippen LogP contribution in [0.5, 0.6) is 0 Å². The molecule has 5 nitrogen and oxygen atoms in total. The lowest BCUT2D eigenvalue weighted by molar-refractivity contribution is -0.139. The molecule has 0 radical (unpaired) electrons. The fourth-order valence-electron chi connectivity index (χ4n) is 2.10. The van der Waals surface area contributed by atoms with Gasteiger partial charge in [0.05, 0.1) is 12.0 Å². The SMILES string of the molecule is CB1CC(C(=O)N(C)C)C(C(=O)N(C)C)N1. The van der Waals surface area contributed by atoms with Crippen LogP contribution in [0.2, 0.25) is 13.1 Å². The minimum atomic E-state index is -0.375. The van der Waals surface area contributed by atoms with Crippen LogP contribution in [0.25, 0.3) is 0 Å². The predicted molar refractivity (Wildman–Crippen MR) is 64.2 cm³/mol. The van der Waals surface area contributed by atoms with Gasteiger partial charge in [0.15, 0.2) is 0 Å². The number of likely N-dealkylation sites (N-methyl/N-ethyl adjacent to an activating group) is 1. The zero-order chi connectivity index (χ0) is 12.5. The first kappa shape index (κ1) is 13.0. The molecule has 0 aliphatic carbocycles. The summed E-state index contributed by atoms with van der Waals surface area (Å²) in [6, 6.07) is -0.375. The average Bonchev–Trinajstić information content (AvgIpc) is 2.57. The van der Waals surface area contributed by atoms with Gasteiger partial charge >= 0.3 is 0 Å². The Hall–Kier alpha value is -1.04. The Bertz CT molecular complexity index is 266. The molecule has 0 aromatic heterocycles. The second kappa shape index (κ2) is 4.87. The van der Waals surface area contributed by atoms with Gasteiger partial charge < -0.3 is 15.0 Å². The highest BCUT2D eigenvalue weighted by Crippen LogP contribution is 2.22. The third-order valence-corrected chi connectivity index (χ3v) is 2.94. The summed E-state index contributed by atoms with van der Waals surface area (Å²) in [7, 11) is 6.87. The summed E-state index contributed by atoms with van der Waals surface area (Å²) < 4.78 is 0. The number of carbonyl (C=O) groups excluding carboxylic acids is 2. The summed E-state index contributed by atoms with van der Waals surface area (Å²) >= 11 is 0. The molecule has 90 valence electrons. The van der Waals surface area contributed by atoms with Gasteiger partial charge in [0.2, 0.25) is 18.7 Å². The first-order chi connectivity index (χ1) is 7.34. The van der Waals surface area contributed by atoms with Crippen molar-refractivity contribution < 1.29 is 9.59 Å². The fourth-order valence-corrected chi connectivity index (χ4v) is 2.10. The zero-order valence-corrected chi connectivity index (χ0v) is 10.7. The van der Waals surface area contributed by atoms with Gasteiger partial charge in [-0.2, -0.15) is 0 Å². The third-order valence-electron chi connectivity index (χ3n) is 2.94. The molecule has 1 N–H and O–H groups in total. The molecule has 0 aromatic carbocycles. The lowest BCUT2D eigenvalue weighted by Gasteiger charge is -2.24. The van der Waals surface area contributed by atoms with E-state index in [1.807, 2.05) is 6.82 Å². The van der Waals surface area contributed by atoms with Crippen molar-refractivity contribution in [2.45, 2.75) is 19.2 Å². The first-order valence-electron chi connectivity index (χ1n) is 5.53. The lowest BCUT2D eigenvalue weighted by atomic mass is 9.62. The zero-order valence-electron chi connectivity index (χ0n) is 10.7. The summed E-state index contributed by atoms with van der Waals surface area (Å²) in [6.45, 7) is 2.21. The molecule has 1 fully saturated rings. The van der Waals surface area contributed by atoms with E-state index in [4.69, 9.17) is 0 Å². The van der Waals surface area contributed by atoms with Crippen molar-refractivity contribution in [3.05, 3.63) is 0 Å². The van der Waals surface area contributed by atoms with E-state index in [0.29, 0.717) is 0 Å². The van der Waals surface area contributed by atoms with E-state index in [-0.39, 0.29) is 30.6 Å². The van der Waals surface area contributed by atoms with Crippen molar-refractivity contribution in [1.82, 2.24) is 15.0 Å². The Morgan fingerprint density at radius 3 is 2.06 bits per heavy atom. The molecule has 1 aliphatic rings. The fraction of sp³-hybridized carbons (Fsp3) is 0.800. The molecule has 0 spiro atoms. The van der Waals surface area contributed by atoms with Crippen molar-refractivity contribution in [1.29, 1.82) is 0 Å². The number of hydrogen-bond donors (Lipinski definition) is 1. The molecular formula is C10H20BN3O2. The maximum atomic E-state index is 11.9. The molecule has 2 atom stereocenters. The van der Waals surface area contributed by atoms with Crippen LogP contribution >= 0.6 is 0 Å². The molecule has 16 heavy (non-hydrogen) atoms. The van der Waals surface area contributed by atoms with E-state index in [1.165, 1.54) is 4.90 Å². The van der Waals surface area contributed by atoms with E-state index in [1.54, 1.807) is 33.1 Å². The number of hydrogen-bond acceptors (Lipinski definition) is 3. The highest BCUT2D eigenvalue weighted by atomic mass is 16.2. The van der Waals surface area contributed by atoms with Crippen LogP contribution in [0.4, 0.5) is 0 Å². The largest absolute Gasteiger partial charge is 0.349 e. The van der Waals surface area contributed by atoms with E-state index < -0.39 is 0 Å². The molecule has 1 aliphatic heterocycles. The van der Waals surface area contributed by atoms with Crippen LogP contribution in [0.3, 0.4) is 0 Å². The molecule has 2 amide bonds. The average molecular weight is 225 g/mol. The molecule has 0 saturated carbocycles. The van der Waals surface area contributed by atoms with E-state index >= 15 is 0 Å². The van der Waals surface area contributed by atoms with Gasteiger partial charge in [-0.15, -0.1) is 0 Å². The van der Waals surface area contributed by atoms with Gasteiger partial charge in [-0.1, -0.05) is 6.82 Å². The standard InChI is InChI=1S/C10H20BN3O2/c1-11-6-7(9(15)13(2)3)8(12-11)10(16)14(4)5/h7-8,12H,6H2,1-5H3. The smallest absolute Gasteiger partial charge is 0.238 e. The molecule has 2 unspecified atom stereocenters.